The Morgan fingerprint density at radius 2 is 1.73 bits per heavy atom. The smallest absolute Gasteiger partial charge is 0.275 e. The van der Waals surface area contributed by atoms with Gasteiger partial charge < -0.3 is 10.6 Å². The lowest BCUT2D eigenvalue weighted by molar-refractivity contribution is 0.102. The van der Waals surface area contributed by atoms with Gasteiger partial charge in [-0.15, -0.1) is 0 Å². The monoisotopic (exact) mass is 350 g/mol. The van der Waals surface area contributed by atoms with Crippen LogP contribution in [0.4, 0.5) is 21.6 Å². The van der Waals surface area contributed by atoms with Crippen molar-refractivity contribution in [2.24, 2.45) is 0 Å². The Labute approximate surface area is 151 Å². The van der Waals surface area contributed by atoms with Gasteiger partial charge in [0, 0.05) is 11.4 Å². The minimum atomic E-state index is -0.404. The van der Waals surface area contributed by atoms with Crippen molar-refractivity contribution in [3.8, 4) is 0 Å². The van der Waals surface area contributed by atoms with Crippen LogP contribution in [0.15, 0.2) is 60.9 Å². The molecule has 0 fully saturated rings. The number of amides is 1. The number of nitrogens with zero attached hydrogens (tertiary/aromatic N) is 2. The van der Waals surface area contributed by atoms with Crippen molar-refractivity contribution in [2.45, 2.75) is 19.8 Å². The summed E-state index contributed by atoms with van der Waals surface area (Å²) in [4.78, 5) is 20.6. The molecular weight excluding hydrogens is 331 g/mol. The first-order chi connectivity index (χ1) is 12.5. The zero-order chi connectivity index (χ0) is 18.5. The maximum Gasteiger partial charge on any atom is 0.275 e. The zero-order valence-electron chi connectivity index (χ0n) is 14.5. The molecule has 0 radical (unpaired) electrons. The summed E-state index contributed by atoms with van der Waals surface area (Å²) in [6.07, 6.45) is 2.91. The van der Waals surface area contributed by atoms with Crippen LogP contribution in [0.2, 0.25) is 0 Å². The summed E-state index contributed by atoms with van der Waals surface area (Å²) in [5.41, 5.74) is 2.80. The first-order valence-corrected chi connectivity index (χ1v) is 8.28. The van der Waals surface area contributed by atoms with Crippen molar-refractivity contribution < 1.29 is 9.18 Å². The molecule has 2 aromatic carbocycles. The number of carbonyl (C=O) groups is 1. The molecule has 1 heterocycles. The van der Waals surface area contributed by atoms with E-state index in [2.05, 4.69) is 40.5 Å². The summed E-state index contributed by atoms with van der Waals surface area (Å²) in [5.74, 6) is 0.155. The highest BCUT2D eigenvalue weighted by Gasteiger charge is 2.10. The van der Waals surface area contributed by atoms with E-state index in [9.17, 15) is 9.18 Å². The standard InChI is InChI=1S/C20H19FN4O/c1-13(2)16-5-3-4-6-17(16)25-19-12-22-18(11-23-19)20(26)24-15-9-7-14(21)8-10-15/h3-13H,1-2H3,(H,23,25)(H,24,26). The van der Waals surface area contributed by atoms with Gasteiger partial charge in [0.05, 0.1) is 12.4 Å². The summed E-state index contributed by atoms with van der Waals surface area (Å²) in [7, 11) is 0. The average molecular weight is 350 g/mol. The number of anilines is 3. The van der Waals surface area contributed by atoms with E-state index in [4.69, 9.17) is 0 Å². The number of hydrogen-bond acceptors (Lipinski definition) is 4. The van der Waals surface area contributed by atoms with Crippen LogP contribution in [-0.2, 0) is 0 Å². The van der Waals surface area contributed by atoms with Crippen LogP contribution in [0.3, 0.4) is 0 Å². The summed E-state index contributed by atoms with van der Waals surface area (Å²) >= 11 is 0. The number of aromatic nitrogens is 2. The van der Waals surface area contributed by atoms with E-state index in [1.165, 1.54) is 42.2 Å². The van der Waals surface area contributed by atoms with Crippen molar-refractivity contribution in [3.05, 3.63) is 78.0 Å². The highest BCUT2D eigenvalue weighted by molar-refractivity contribution is 6.02. The predicted molar refractivity (Wildman–Crippen MR) is 100 cm³/mol. The van der Waals surface area contributed by atoms with E-state index < -0.39 is 5.91 Å². The molecule has 0 aliphatic rings. The third-order valence-corrected chi connectivity index (χ3v) is 3.83. The van der Waals surface area contributed by atoms with E-state index in [1.54, 1.807) is 0 Å². The maximum atomic E-state index is 12.9. The van der Waals surface area contributed by atoms with Gasteiger partial charge in [-0.05, 0) is 41.8 Å². The SMILES string of the molecule is CC(C)c1ccccc1Nc1cnc(C(=O)Nc2ccc(F)cc2)cn1. The van der Waals surface area contributed by atoms with Crippen LogP contribution < -0.4 is 10.6 Å². The van der Waals surface area contributed by atoms with Crippen LogP contribution in [-0.4, -0.2) is 15.9 Å². The van der Waals surface area contributed by atoms with Gasteiger partial charge in [0.25, 0.3) is 5.91 Å². The van der Waals surface area contributed by atoms with Crippen molar-refractivity contribution in [1.82, 2.24) is 9.97 Å². The molecule has 0 saturated heterocycles. The van der Waals surface area contributed by atoms with Gasteiger partial charge in [0.1, 0.15) is 17.3 Å². The van der Waals surface area contributed by atoms with Crippen molar-refractivity contribution in [1.29, 1.82) is 0 Å². The molecule has 1 aromatic heterocycles. The Morgan fingerprint density at radius 3 is 2.38 bits per heavy atom. The van der Waals surface area contributed by atoms with Crippen LogP contribution in [0.1, 0.15) is 35.8 Å². The molecule has 0 atom stereocenters. The van der Waals surface area contributed by atoms with Crippen LogP contribution >= 0.6 is 0 Å². The molecule has 0 unspecified atom stereocenters. The molecule has 5 nitrogen and oxygen atoms in total. The lowest BCUT2D eigenvalue weighted by atomic mass is 10.0. The lowest BCUT2D eigenvalue weighted by Gasteiger charge is -2.13. The van der Waals surface area contributed by atoms with Crippen LogP contribution in [0.25, 0.3) is 0 Å². The molecule has 0 bridgehead atoms. The van der Waals surface area contributed by atoms with Gasteiger partial charge >= 0.3 is 0 Å². The summed E-state index contributed by atoms with van der Waals surface area (Å²) < 4.78 is 12.9. The average Bonchev–Trinajstić information content (AvgIpc) is 2.64. The number of para-hydroxylation sites is 1. The number of halogens is 1. The molecule has 26 heavy (non-hydrogen) atoms. The van der Waals surface area contributed by atoms with Gasteiger partial charge in [0.15, 0.2) is 0 Å². The highest BCUT2D eigenvalue weighted by Crippen LogP contribution is 2.25. The second kappa shape index (κ2) is 7.74. The third-order valence-electron chi connectivity index (χ3n) is 3.83. The molecule has 1 amide bonds. The van der Waals surface area contributed by atoms with E-state index in [0.717, 1.165) is 5.69 Å². The Morgan fingerprint density at radius 1 is 1.00 bits per heavy atom. The van der Waals surface area contributed by atoms with E-state index >= 15 is 0 Å². The molecular formula is C20H19FN4O. The van der Waals surface area contributed by atoms with Gasteiger partial charge in [-0.1, -0.05) is 32.0 Å². The molecule has 0 aliphatic heterocycles. The molecule has 132 valence electrons. The number of benzene rings is 2. The largest absolute Gasteiger partial charge is 0.339 e. The molecule has 3 rings (SSSR count). The molecule has 0 saturated carbocycles. The fraction of sp³-hybridized carbons (Fsp3) is 0.150. The molecule has 0 aliphatic carbocycles. The van der Waals surface area contributed by atoms with E-state index in [-0.39, 0.29) is 11.5 Å². The van der Waals surface area contributed by atoms with Gasteiger partial charge in [-0.25, -0.2) is 14.4 Å². The Bertz CT molecular complexity index is 892. The second-order valence-corrected chi connectivity index (χ2v) is 6.11. The summed E-state index contributed by atoms with van der Waals surface area (Å²) in [6, 6.07) is 13.5. The van der Waals surface area contributed by atoms with Crippen molar-refractivity contribution >= 4 is 23.1 Å². The maximum absolute atomic E-state index is 12.9. The minimum absolute atomic E-state index is 0.178. The molecule has 3 aromatic rings. The minimum Gasteiger partial charge on any atom is -0.339 e. The Balaban J connectivity index is 1.70. The first kappa shape index (κ1) is 17.5. The topological polar surface area (TPSA) is 66.9 Å². The number of hydrogen-bond donors (Lipinski definition) is 2. The van der Waals surface area contributed by atoms with E-state index in [1.807, 2.05) is 18.2 Å². The Kier molecular flexibility index (Phi) is 5.22. The van der Waals surface area contributed by atoms with Crippen LogP contribution in [0, 0.1) is 5.82 Å². The lowest BCUT2D eigenvalue weighted by Crippen LogP contribution is -2.14. The molecule has 6 heteroatoms. The second-order valence-electron chi connectivity index (χ2n) is 6.11. The van der Waals surface area contributed by atoms with Gasteiger partial charge in [-0.2, -0.15) is 0 Å². The summed E-state index contributed by atoms with van der Waals surface area (Å²) in [5, 5.41) is 5.88. The van der Waals surface area contributed by atoms with Crippen molar-refractivity contribution in [2.75, 3.05) is 10.6 Å². The summed E-state index contributed by atoms with van der Waals surface area (Å²) in [6.45, 7) is 4.24. The number of rotatable bonds is 5. The molecule has 2 N–H and O–H groups in total. The first-order valence-electron chi connectivity index (χ1n) is 8.28. The Hall–Kier alpha value is -3.28. The number of carbonyl (C=O) groups excluding carboxylic acids is 1. The van der Waals surface area contributed by atoms with E-state index in [0.29, 0.717) is 17.4 Å². The van der Waals surface area contributed by atoms with Crippen molar-refractivity contribution in [3.63, 3.8) is 0 Å². The van der Waals surface area contributed by atoms with Crippen LogP contribution in [0.5, 0.6) is 0 Å². The fourth-order valence-electron chi connectivity index (χ4n) is 2.49. The third kappa shape index (κ3) is 4.22. The highest BCUT2D eigenvalue weighted by atomic mass is 19.1. The van der Waals surface area contributed by atoms with Gasteiger partial charge in [0.2, 0.25) is 0 Å². The zero-order valence-corrected chi connectivity index (χ0v) is 14.5. The molecule has 0 spiro atoms. The quantitative estimate of drug-likeness (QED) is 0.698. The predicted octanol–water partition coefficient (Wildman–Crippen LogP) is 4.74. The van der Waals surface area contributed by atoms with Gasteiger partial charge in [-0.3, -0.25) is 4.79 Å². The normalized spacial score (nSPS) is 10.6. The number of nitrogens with one attached hydrogen (secondary N) is 2. The fourth-order valence-corrected chi connectivity index (χ4v) is 2.49.